The molecule has 0 saturated heterocycles. The first-order valence-electron chi connectivity index (χ1n) is 5.80. The van der Waals surface area contributed by atoms with E-state index in [9.17, 15) is 8.42 Å². The molecular formula is C11H14ClN5O2S. The van der Waals surface area contributed by atoms with Crippen molar-refractivity contribution in [3.05, 3.63) is 40.9 Å². The fourth-order valence-corrected chi connectivity index (χ4v) is 2.92. The van der Waals surface area contributed by atoms with Crippen LogP contribution in [0.4, 0.5) is 0 Å². The highest BCUT2D eigenvalue weighted by Crippen LogP contribution is 2.20. The molecule has 0 bridgehead atoms. The Morgan fingerprint density at radius 1 is 1.35 bits per heavy atom. The minimum atomic E-state index is -3.63. The summed E-state index contributed by atoms with van der Waals surface area (Å²) in [4.78, 5) is 3.95. The normalized spacial score (nSPS) is 11.7. The van der Waals surface area contributed by atoms with Gasteiger partial charge in [0.25, 0.3) is 0 Å². The molecule has 1 aromatic carbocycles. The molecule has 0 radical (unpaired) electrons. The summed E-state index contributed by atoms with van der Waals surface area (Å²) in [5.41, 5.74) is 0.836. The summed E-state index contributed by atoms with van der Waals surface area (Å²) in [7, 11) is -1.84. The van der Waals surface area contributed by atoms with Crippen molar-refractivity contribution in [3.8, 4) is 0 Å². The zero-order valence-electron chi connectivity index (χ0n) is 10.7. The zero-order valence-corrected chi connectivity index (χ0v) is 12.3. The lowest BCUT2D eigenvalue weighted by Gasteiger charge is -2.08. The number of benzene rings is 1. The van der Waals surface area contributed by atoms with Crippen molar-refractivity contribution in [2.45, 2.75) is 18.0 Å². The van der Waals surface area contributed by atoms with Crippen LogP contribution in [-0.2, 0) is 23.1 Å². The van der Waals surface area contributed by atoms with Crippen LogP contribution in [0.5, 0.6) is 0 Å². The molecule has 7 nitrogen and oxygen atoms in total. The molecule has 0 amide bonds. The maximum absolute atomic E-state index is 12.1. The third-order valence-electron chi connectivity index (χ3n) is 2.60. The van der Waals surface area contributed by atoms with E-state index in [0.717, 1.165) is 5.56 Å². The average molecular weight is 316 g/mol. The van der Waals surface area contributed by atoms with Crippen LogP contribution in [0, 0.1) is 0 Å². The summed E-state index contributed by atoms with van der Waals surface area (Å²) in [6.45, 7) is 0.614. The van der Waals surface area contributed by atoms with E-state index in [1.165, 1.54) is 18.5 Å². The molecule has 0 atom stereocenters. The molecule has 0 spiro atoms. The van der Waals surface area contributed by atoms with Gasteiger partial charge in [0.2, 0.25) is 10.0 Å². The highest BCUT2D eigenvalue weighted by atomic mass is 35.5. The molecule has 1 heterocycles. The second-order valence-electron chi connectivity index (χ2n) is 4.04. The number of hydrogen-bond donors (Lipinski definition) is 3. The van der Waals surface area contributed by atoms with Crippen LogP contribution < -0.4 is 10.0 Å². The van der Waals surface area contributed by atoms with Gasteiger partial charge >= 0.3 is 0 Å². The summed E-state index contributed by atoms with van der Waals surface area (Å²) in [5.74, 6) is 0.437. The number of aromatic amines is 1. The lowest BCUT2D eigenvalue weighted by atomic mass is 10.2. The Balaban J connectivity index is 2.14. The predicted molar refractivity (Wildman–Crippen MR) is 74.6 cm³/mol. The van der Waals surface area contributed by atoms with Crippen LogP contribution in [0.2, 0.25) is 5.02 Å². The molecule has 2 rings (SSSR count). The van der Waals surface area contributed by atoms with Gasteiger partial charge in [-0.2, -0.15) is 5.10 Å². The van der Waals surface area contributed by atoms with Crippen molar-refractivity contribution in [1.82, 2.24) is 25.2 Å². The topological polar surface area (TPSA) is 99.8 Å². The van der Waals surface area contributed by atoms with Crippen molar-refractivity contribution >= 4 is 21.6 Å². The van der Waals surface area contributed by atoms with Crippen molar-refractivity contribution in [2.24, 2.45) is 0 Å². The van der Waals surface area contributed by atoms with Crippen LogP contribution in [0.25, 0.3) is 0 Å². The molecule has 9 heteroatoms. The Kier molecular flexibility index (Phi) is 4.71. The molecule has 3 N–H and O–H groups in total. The van der Waals surface area contributed by atoms with Crippen molar-refractivity contribution in [3.63, 3.8) is 0 Å². The molecule has 108 valence electrons. The Morgan fingerprint density at radius 2 is 2.15 bits per heavy atom. The molecular weight excluding hydrogens is 302 g/mol. The van der Waals surface area contributed by atoms with Crippen LogP contribution in [0.3, 0.4) is 0 Å². The van der Waals surface area contributed by atoms with Gasteiger partial charge in [-0.25, -0.2) is 18.1 Å². The van der Waals surface area contributed by atoms with E-state index >= 15 is 0 Å². The van der Waals surface area contributed by atoms with E-state index in [1.807, 2.05) is 0 Å². The minimum absolute atomic E-state index is 0.0399. The minimum Gasteiger partial charge on any atom is -0.316 e. The lowest BCUT2D eigenvalue weighted by molar-refractivity contribution is 0.579. The molecule has 0 unspecified atom stereocenters. The molecule has 0 saturated carbocycles. The largest absolute Gasteiger partial charge is 0.316 e. The van der Waals surface area contributed by atoms with E-state index in [2.05, 4.69) is 25.2 Å². The van der Waals surface area contributed by atoms with E-state index in [4.69, 9.17) is 11.6 Å². The highest BCUT2D eigenvalue weighted by molar-refractivity contribution is 7.89. The van der Waals surface area contributed by atoms with E-state index in [0.29, 0.717) is 17.4 Å². The first kappa shape index (κ1) is 14.9. The molecule has 0 fully saturated rings. The first-order valence-corrected chi connectivity index (χ1v) is 7.66. The van der Waals surface area contributed by atoms with Gasteiger partial charge in [0.1, 0.15) is 12.2 Å². The van der Waals surface area contributed by atoms with Gasteiger partial charge < -0.3 is 5.32 Å². The monoisotopic (exact) mass is 315 g/mol. The van der Waals surface area contributed by atoms with Crippen LogP contribution >= 0.6 is 11.6 Å². The molecule has 0 aliphatic rings. The lowest BCUT2D eigenvalue weighted by Crippen LogP contribution is -2.24. The maximum Gasteiger partial charge on any atom is 0.241 e. The Labute approximate surface area is 121 Å². The van der Waals surface area contributed by atoms with E-state index in [1.54, 1.807) is 13.1 Å². The molecule has 2 aromatic rings. The number of hydrogen-bond acceptors (Lipinski definition) is 5. The van der Waals surface area contributed by atoms with Gasteiger partial charge in [0, 0.05) is 11.6 Å². The smallest absolute Gasteiger partial charge is 0.241 e. The van der Waals surface area contributed by atoms with Crippen LogP contribution in [-0.4, -0.2) is 30.6 Å². The van der Waals surface area contributed by atoms with Gasteiger partial charge in [0.05, 0.1) is 11.4 Å². The third kappa shape index (κ3) is 3.54. The summed E-state index contributed by atoms with van der Waals surface area (Å²) in [6, 6.07) is 4.63. The highest BCUT2D eigenvalue weighted by Gasteiger charge is 2.15. The van der Waals surface area contributed by atoms with Crippen molar-refractivity contribution in [2.75, 3.05) is 7.05 Å². The summed E-state index contributed by atoms with van der Waals surface area (Å²) in [5, 5.41) is 9.58. The number of sulfonamides is 1. The maximum atomic E-state index is 12.1. The van der Waals surface area contributed by atoms with Crippen LogP contribution in [0.15, 0.2) is 29.4 Å². The summed E-state index contributed by atoms with van der Waals surface area (Å²) in [6.07, 6.45) is 1.31. The molecule has 0 aliphatic carbocycles. The van der Waals surface area contributed by atoms with Gasteiger partial charge in [-0.05, 0) is 24.7 Å². The Bertz CT molecular complexity index is 672. The van der Waals surface area contributed by atoms with Gasteiger partial charge in [0.15, 0.2) is 0 Å². The second-order valence-corrected chi connectivity index (χ2v) is 6.21. The average Bonchev–Trinajstić information content (AvgIpc) is 2.92. The number of halogens is 1. The van der Waals surface area contributed by atoms with Gasteiger partial charge in [-0.15, -0.1) is 0 Å². The molecule has 1 aromatic heterocycles. The summed E-state index contributed by atoms with van der Waals surface area (Å²) >= 11 is 6.05. The third-order valence-corrected chi connectivity index (χ3v) is 4.35. The Morgan fingerprint density at radius 3 is 2.75 bits per heavy atom. The number of nitrogens with one attached hydrogen (secondary N) is 3. The molecule has 0 aliphatic heterocycles. The standard InChI is InChI=1S/C11H14ClN5O2S/c1-13-5-8-2-3-9(4-10(8)12)20(18,19)16-6-11-14-7-15-17-11/h2-4,7,13,16H,5-6H2,1H3,(H,14,15,17). The van der Waals surface area contributed by atoms with Crippen LogP contribution in [0.1, 0.15) is 11.4 Å². The first-order chi connectivity index (χ1) is 9.53. The van der Waals surface area contributed by atoms with Crippen molar-refractivity contribution in [1.29, 1.82) is 0 Å². The second kappa shape index (κ2) is 6.31. The summed E-state index contributed by atoms with van der Waals surface area (Å²) < 4.78 is 26.6. The fraction of sp³-hybridized carbons (Fsp3) is 0.273. The van der Waals surface area contributed by atoms with Gasteiger partial charge in [-0.3, -0.25) is 5.10 Å². The molecule has 20 heavy (non-hydrogen) atoms. The van der Waals surface area contributed by atoms with E-state index in [-0.39, 0.29) is 11.4 Å². The van der Waals surface area contributed by atoms with E-state index < -0.39 is 10.0 Å². The number of aromatic nitrogens is 3. The van der Waals surface area contributed by atoms with Crippen molar-refractivity contribution < 1.29 is 8.42 Å². The number of rotatable bonds is 6. The number of H-pyrrole nitrogens is 1. The number of nitrogens with zero attached hydrogens (tertiary/aromatic N) is 2. The Hall–Kier alpha value is -1.48. The van der Waals surface area contributed by atoms with Gasteiger partial charge in [-0.1, -0.05) is 17.7 Å². The zero-order chi connectivity index (χ0) is 14.6. The quantitative estimate of drug-likeness (QED) is 0.727. The fourth-order valence-electron chi connectivity index (χ4n) is 1.59. The predicted octanol–water partition coefficient (Wildman–Crippen LogP) is 0.656. The SMILES string of the molecule is CNCc1ccc(S(=O)(=O)NCc2ncn[nH]2)cc1Cl.